The number of hydrogen-bond acceptors (Lipinski definition) is 14. The first-order chi connectivity index (χ1) is 38.6. The molecule has 4 aliphatic rings. The lowest BCUT2D eigenvalue weighted by Crippen LogP contribution is -2.50. The number of anilines is 2. The fourth-order valence-corrected chi connectivity index (χ4v) is 11.6. The minimum atomic E-state index is -4.79. The lowest BCUT2D eigenvalue weighted by molar-refractivity contribution is -0.142. The van der Waals surface area contributed by atoms with Crippen molar-refractivity contribution in [3.8, 4) is 45.4 Å². The number of benzene rings is 4. The van der Waals surface area contributed by atoms with Gasteiger partial charge in [0.25, 0.3) is 0 Å². The normalized spacial score (nSPS) is 19.2. The van der Waals surface area contributed by atoms with Gasteiger partial charge in [0.15, 0.2) is 5.75 Å². The van der Waals surface area contributed by atoms with Gasteiger partial charge in [0, 0.05) is 55.3 Å². The fourth-order valence-electron chi connectivity index (χ4n) is 11.6. The second-order valence-electron chi connectivity index (χ2n) is 21.9. The van der Waals surface area contributed by atoms with E-state index in [9.17, 15) is 14.7 Å². The number of nitrogens with two attached hydrogens (primary N) is 1. The van der Waals surface area contributed by atoms with Crippen LogP contribution in [-0.2, 0) is 27.1 Å². The second-order valence-corrected chi connectivity index (χ2v) is 21.9. The molecule has 6 atom stereocenters. The van der Waals surface area contributed by atoms with Crippen LogP contribution in [0.5, 0.6) is 11.8 Å². The summed E-state index contributed by atoms with van der Waals surface area (Å²) in [7, 11) is 1.57. The number of hydrogen-bond donors (Lipinski definition) is 4. The van der Waals surface area contributed by atoms with Crippen LogP contribution in [0.1, 0.15) is 98.7 Å². The highest BCUT2D eigenvalue weighted by atomic mass is 19.4. The van der Waals surface area contributed by atoms with E-state index in [1.54, 1.807) is 22.9 Å². The number of carbonyl (C=O) groups is 2. The van der Waals surface area contributed by atoms with Crippen LogP contribution in [0.15, 0.2) is 97.2 Å². The summed E-state index contributed by atoms with van der Waals surface area (Å²) in [6.07, 6.45) is 0.169. The van der Waals surface area contributed by atoms with Crippen molar-refractivity contribution in [1.82, 2.24) is 45.5 Å². The van der Waals surface area contributed by atoms with Crippen LogP contribution in [0, 0.1) is 12.8 Å². The van der Waals surface area contributed by atoms with E-state index in [1.807, 2.05) is 106 Å². The highest BCUT2D eigenvalue weighted by Gasteiger charge is 2.44. The van der Waals surface area contributed by atoms with Gasteiger partial charge in [-0.15, -0.1) is 5.10 Å². The Morgan fingerprint density at radius 3 is 2.33 bits per heavy atom. The molecule has 4 fully saturated rings. The molecule has 2 amide bonds. The lowest BCUT2D eigenvalue weighted by atomic mass is 9.92. The van der Waals surface area contributed by atoms with Crippen molar-refractivity contribution in [3.63, 3.8) is 0 Å². The molecule has 3 saturated heterocycles. The summed E-state index contributed by atoms with van der Waals surface area (Å²) in [6.45, 7) is 8.63. The predicted molar refractivity (Wildman–Crippen MR) is 297 cm³/mol. The number of piperazine rings is 1. The minimum Gasteiger partial charge on any atom is -0.486 e. The number of aromatic nitrogens is 6. The number of carbonyl (C=O) groups excluding carboxylic acids is 2. The zero-order chi connectivity index (χ0) is 56.0. The van der Waals surface area contributed by atoms with Gasteiger partial charge >= 0.3 is 12.2 Å². The average molecular weight is 1090 g/mol. The van der Waals surface area contributed by atoms with Crippen LogP contribution in [0.3, 0.4) is 0 Å². The Kier molecular flexibility index (Phi) is 15.2. The number of methoxy groups -OCH3 is 1. The molecule has 17 nitrogen and oxygen atoms in total. The zero-order valence-electron chi connectivity index (χ0n) is 45.4. The maximum Gasteiger partial charge on any atom is 0.418 e. The molecule has 0 spiro atoms. The number of amides is 2. The molecule has 5 unspecified atom stereocenters. The molecule has 3 aliphatic heterocycles. The van der Waals surface area contributed by atoms with E-state index in [0.29, 0.717) is 59.5 Å². The van der Waals surface area contributed by atoms with E-state index < -0.39 is 29.9 Å². The van der Waals surface area contributed by atoms with Gasteiger partial charge in [-0.2, -0.15) is 23.1 Å². The van der Waals surface area contributed by atoms with Crippen molar-refractivity contribution in [2.45, 2.75) is 115 Å². The first kappa shape index (κ1) is 54.3. The Bertz CT molecular complexity index is 3390. The number of pyridine rings is 1. The van der Waals surface area contributed by atoms with Crippen LogP contribution in [0.25, 0.3) is 44.5 Å². The summed E-state index contributed by atoms with van der Waals surface area (Å²) in [4.78, 5) is 46.7. The first-order valence-corrected chi connectivity index (χ1v) is 27.5. The maximum absolute atomic E-state index is 15.3. The average Bonchev–Trinajstić information content (AvgIpc) is 4.00. The van der Waals surface area contributed by atoms with E-state index in [-0.39, 0.29) is 102 Å². The fraction of sp³-hybridized carbons (Fsp3) is 0.417. The molecule has 4 aromatic carbocycles. The number of halogens is 3. The molecule has 1 saturated carbocycles. The summed E-state index contributed by atoms with van der Waals surface area (Å²) in [6, 6.07) is 26.4. The Morgan fingerprint density at radius 2 is 1.66 bits per heavy atom. The lowest BCUT2D eigenvalue weighted by Gasteiger charge is -2.30. The quantitative estimate of drug-likeness (QED) is 0.0596. The number of aryl methyl sites for hydroxylation is 1. The summed E-state index contributed by atoms with van der Waals surface area (Å²) >= 11 is 0. The molecule has 5 N–H and O–H groups in total. The van der Waals surface area contributed by atoms with Crippen LogP contribution < -0.4 is 30.7 Å². The van der Waals surface area contributed by atoms with Crippen LogP contribution in [0.2, 0.25) is 0 Å². The molecular weight excluding hydrogens is 1030 g/mol. The molecule has 6 heterocycles. The van der Waals surface area contributed by atoms with Crippen molar-refractivity contribution in [2.24, 2.45) is 5.92 Å². The summed E-state index contributed by atoms with van der Waals surface area (Å²) in [5.41, 5.74) is 10.8. The SMILES string of the molecule is CO[C@@H](C)COc1nc(N2CC3CC2CN3)c2cc(C3CC3)c(-c3nc(N)cc(C)c3C(F)(F)F)c(OCc3ccc(-c4cn(C(C(=O)N5CCCC5C(=O)NC(CO)c5ccc(-c6ccccc6)cc5)C(C)C)nn4)cc3)c2n1. The molecule has 80 heavy (non-hydrogen) atoms. The number of nitrogens with zero attached hydrogens (tertiary/aromatic N) is 8. The van der Waals surface area contributed by atoms with E-state index in [4.69, 9.17) is 29.9 Å². The van der Waals surface area contributed by atoms with E-state index in [2.05, 4.69) is 30.8 Å². The van der Waals surface area contributed by atoms with Gasteiger partial charge in [0.05, 0.1) is 36.2 Å². The summed E-state index contributed by atoms with van der Waals surface area (Å²) in [5.74, 6) is -0.235. The summed E-state index contributed by atoms with van der Waals surface area (Å²) in [5, 5.41) is 26.5. The van der Waals surface area contributed by atoms with Gasteiger partial charge in [-0.1, -0.05) is 97.9 Å². The first-order valence-electron chi connectivity index (χ1n) is 27.5. The van der Waals surface area contributed by atoms with Gasteiger partial charge in [-0.05, 0) is 103 Å². The number of alkyl halides is 3. The third-order valence-corrected chi connectivity index (χ3v) is 16.0. The Labute approximate surface area is 462 Å². The Morgan fingerprint density at radius 1 is 0.925 bits per heavy atom. The van der Waals surface area contributed by atoms with Crippen molar-refractivity contribution in [1.29, 1.82) is 0 Å². The van der Waals surface area contributed by atoms with Gasteiger partial charge in [-0.3, -0.25) is 9.59 Å². The van der Waals surface area contributed by atoms with Crippen LogP contribution >= 0.6 is 0 Å². The molecule has 0 radical (unpaired) electrons. The Balaban J connectivity index is 0.871. The molecule has 3 aromatic heterocycles. The van der Waals surface area contributed by atoms with E-state index in [1.165, 1.54) is 13.0 Å². The third-order valence-electron chi connectivity index (χ3n) is 16.0. The number of fused-ring (bicyclic) bond motifs is 3. The summed E-state index contributed by atoms with van der Waals surface area (Å²) < 4.78 is 66.0. The van der Waals surface area contributed by atoms with Crippen molar-refractivity contribution in [2.75, 3.05) is 50.6 Å². The Hall–Kier alpha value is -7.68. The molecule has 7 aromatic rings. The third kappa shape index (κ3) is 11.0. The van der Waals surface area contributed by atoms with Crippen LogP contribution in [0.4, 0.5) is 24.8 Å². The number of aliphatic hydroxyl groups excluding tert-OH is 1. The second kappa shape index (κ2) is 22.5. The van der Waals surface area contributed by atoms with Crippen molar-refractivity contribution in [3.05, 3.63) is 125 Å². The number of nitrogens with one attached hydrogen (secondary N) is 2. The molecule has 1 aliphatic carbocycles. The van der Waals surface area contributed by atoms with E-state index >= 15 is 13.2 Å². The van der Waals surface area contributed by atoms with Gasteiger partial charge in [-0.25, -0.2) is 9.67 Å². The molecule has 20 heteroatoms. The maximum atomic E-state index is 15.3. The zero-order valence-corrected chi connectivity index (χ0v) is 45.4. The van der Waals surface area contributed by atoms with Gasteiger partial charge < -0.3 is 45.5 Å². The molecule has 2 bridgehead atoms. The minimum absolute atomic E-state index is 0.0348. The molecule has 418 valence electrons. The molecule has 11 rings (SSSR count). The van der Waals surface area contributed by atoms with Crippen molar-refractivity contribution >= 4 is 34.4 Å². The standard InChI is InChI=1S/C60H66F3N11O6/c1-33(2)54(58(77)72-23-9-12-48(72)57(76)66-47(30-75)41-21-17-38(18-22-41)37-10-7-6-8-11-37)74-29-46(70-71-74)40-15-13-36(14-16-40)32-79-55-50(53-51(60(61,62)63)34(3)24-49(64)67-53)44(39-19-20-39)26-45-52(55)68-59(80-31-35(4)78-5)69-56(45)73-28-42-25-43(73)27-65-42/h6-8,10-11,13-18,21-22,24,26,29,33,35,39,42-43,47-48,54,65,75H,9,12,19-20,23,25,27-28,30-32H2,1-5H3,(H2,64,67)(H,66,76)/t35-,42?,43?,47?,48?,54?/m0/s1. The topological polar surface area (TPSA) is 208 Å². The monoisotopic (exact) mass is 1090 g/mol. The molecular formula is C60H66F3N11O6. The highest BCUT2D eigenvalue weighted by molar-refractivity contribution is 6.01. The number of rotatable bonds is 19. The van der Waals surface area contributed by atoms with Gasteiger partial charge in [0.2, 0.25) is 11.8 Å². The van der Waals surface area contributed by atoms with E-state index in [0.717, 1.165) is 42.5 Å². The van der Waals surface area contributed by atoms with Gasteiger partial charge in [0.1, 0.15) is 48.1 Å². The number of ether oxygens (including phenoxy) is 3. The largest absolute Gasteiger partial charge is 0.486 e. The highest BCUT2D eigenvalue weighted by Crippen LogP contribution is 2.54. The predicted octanol–water partition coefficient (Wildman–Crippen LogP) is 8.99. The number of nitrogen functional groups attached to an aromatic ring is 1. The smallest absolute Gasteiger partial charge is 0.418 e. The number of aliphatic hydroxyl groups is 1. The van der Waals surface area contributed by atoms with Crippen molar-refractivity contribution < 1.29 is 42.1 Å². The number of likely N-dealkylation sites (tertiary alicyclic amines) is 1. The van der Waals surface area contributed by atoms with Crippen LogP contribution in [-0.4, -0.2) is 116 Å².